The fraction of sp³-hybridized carbons (Fsp3) is 0.562. The van der Waals surface area contributed by atoms with Gasteiger partial charge in [-0.2, -0.15) is 0 Å². The first-order valence-corrected chi connectivity index (χ1v) is 7.40. The van der Waals surface area contributed by atoms with Crippen molar-refractivity contribution in [1.82, 2.24) is 10.6 Å². The number of hydrogen-bond donors (Lipinski definition) is 2. The predicted molar refractivity (Wildman–Crippen MR) is 78.3 cm³/mol. The smallest absolute Gasteiger partial charge is 0.251 e. The summed E-state index contributed by atoms with van der Waals surface area (Å²) < 4.78 is 13.2. The maximum atomic E-state index is 13.2. The lowest BCUT2D eigenvalue weighted by Crippen LogP contribution is -2.42. The third-order valence-electron chi connectivity index (χ3n) is 4.00. The molecule has 1 aromatic carbocycles. The first-order valence-electron chi connectivity index (χ1n) is 7.40. The lowest BCUT2D eigenvalue weighted by Gasteiger charge is -2.29. The summed E-state index contributed by atoms with van der Waals surface area (Å²) in [5, 5.41) is 6.48. The Hall–Kier alpha value is -1.42. The highest BCUT2D eigenvalue weighted by Crippen LogP contribution is 2.19. The molecule has 0 aromatic heterocycles. The molecule has 2 N–H and O–H groups in total. The molecule has 1 aliphatic carbocycles. The van der Waals surface area contributed by atoms with Crippen LogP contribution in [0.2, 0.25) is 0 Å². The van der Waals surface area contributed by atoms with Crippen LogP contribution in [0.3, 0.4) is 0 Å². The first-order chi connectivity index (χ1) is 9.60. The van der Waals surface area contributed by atoms with Gasteiger partial charge in [0.15, 0.2) is 0 Å². The summed E-state index contributed by atoms with van der Waals surface area (Å²) in [7, 11) is 0. The van der Waals surface area contributed by atoms with Gasteiger partial charge in [0, 0.05) is 17.6 Å². The van der Waals surface area contributed by atoms with E-state index in [2.05, 4.69) is 17.6 Å². The molecule has 0 radical (unpaired) electrons. The van der Waals surface area contributed by atoms with Crippen molar-refractivity contribution < 1.29 is 9.18 Å². The zero-order chi connectivity index (χ0) is 14.5. The van der Waals surface area contributed by atoms with Crippen molar-refractivity contribution in [3.05, 3.63) is 35.1 Å². The Morgan fingerprint density at radius 2 is 1.90 bits per heavy atom. The number of carbonyl (C=O) groups is 1. The fourth-order valence-electron chi connectivity index (χ4n) is 2.83. The molecule has 0 aliphatic heterocycles. The number of carbonyl (C=O) groups excluding carboxylic acids is 1. The maximum Gasteiger partial charge on any atom is 0.251 e. The summed E-state index contributed by atoms with van der Waals surface area (Å²) in [5.41, 5.74) is 1.25. The highest BCUT2D eigenvalue weighted by atomic mass is 19.1. The lowest BCUT2D eigenvalue weighted by molar-refractivity contribution is 0.0923. The van der Waals surface area contributed by atoms with Crippen LogP contribution in [0.1, 0.15) is 48.5 Å². The number of benzene rings is 1. The van der Waals surface area contributed by atoms with Gasteiger partial charge in [-0.25, -0.2) is 4.39 Å². The Morgan fingerprint density at radius 1 is 1.25 bits per heavy atom. The van der Waals surface area contributed by atoms with Crippen LogP contribution in [-0.4, -0.2) is 24.5 Å². The second kappa shape index (κ2) is 6.84. The first kappa shape index (κ1) is 15.0. The van der Waals surface area contributed by atoms with Crippen LogP contribution in [0, 0.1) is 12.7 Å². The van der Waals surface area contributed by atoms with Crippen molar-refractivity contribution in [3.63, 3.8) is 0 Å². The van der Waals surface area contributed by atoms with E-state index in [4.69, 9.17) is 0 Å². The van der Waals surface area contributed by atoms with Crippen LogP contribution in [0.5, 0.6) is 0 Å². The van der Waals surface area contributed by atoms with Gasteiger partial charge in [0.2, 0.25) is 0 Å². The Kier molecular flexibility index (Phi) is 5.12. The van der Waals surface area contributed by atoms with Crippen molar-refractivity contribution >= 4 is 5.91 Å². The number of amides is 1. The minimum atomic E-state index is -0.364. The van der Waals surface area contributed by atoms with Crippen molar-refractivity contribution in [2.75, 3.05) is 6.54 Å². The van der Waals surface area contributed by atoms with Crippen LogP contribution < -0.4 is 10.6 Å². The van der Waals surface area contributed by atoms with Crippen molar-refractivity contribution in [1.29, 1.82) is 0 Å². The van der Waals surface area contributed by atoms with Crippen molar-refractivity contribution in [2.24, 2.45) is 0 Å². The third kappa shape index (κ3) is 3.79. The van der Waals surface area contributed by atoms with Gasteiger partial charge in [0.25, 0.3) is 5.91 Å². The van der Waals surface area contributed by atoms with Gasteiger partial charge in [-0.3, -0.25) is 4.79 Å². The van der Waals surface area contributed by atoms with Crippen LogP contribution in [0.15, 0.2) is 18.2 Å². The summed E-state index contributed by atoms with van der Waals surface area (Å²) in [4.78, 5) is 12.2. The number of aryl methyl sites for hydroxylation is 1. The Balaban J connectivity index is 1.91. The van der Waals surface area contributed by atoms with E-state index >= 15 is 0 Å². The van der Waals surface area contributed by atoms with Crippen molar-refractivity contribution in [2.45, 2.75) is 51.6 Å². The molecular weight excluding hydrogens is 255 g/mol. The molecule has 1 aromatic rings. The minimum absolute atomic E-state index is 0.158. The molecule has 1 saturated carbocycles. The monoisotopic (exact) mass is 278 g/mol. The van der Waals surface area contributed by atoms with Gasteiger partial charge < -0.3 is 10.6 Å². The minimum Gasteiger partial charge on any atom is -0.349 e. The van der Waals surface area contributed by atoms with Gasteiger partial charge in [0.05, 0.1) is 0 Å². The molecule has 0 saturated heterocycles. The largest absolute Gasteiger partial charge is 0.349 e. The van der Waals surface area contributed by atoms with E-state index in [1.54, 1.807) is 6.07 Å². The summed E-state index contributed by atoms with van der Waals surface area (Å²) in [6.45, 7) is 4.93. The van der Waals surface area contributed by atoms with E-state index < -0.39 is 0 Å². The lowest BCUT2D eigenvalue weighted by atomic mass is 9.91. The molecule has 0 atom stereocenters. The Bertz CT molecular complexity index is 468. The molecule has 0 bridgehead atoms. The molecule has 4 heteroatoms. The summed E-state index contributed by atoms with van der Waals surface area (Å²) in [5.74, 6) is -0.523. The zero-order valence-electron chi connectivity index (χ0n) is 12.2. The molecule has 3 nitrogen and oxygen atoms in total. The van der Waals surface area contributed by atoms with E-state index in [-0.39, 0.29) is 17.8 Å². The summed E-state index contributed by atoms with van der Waals surface area (Å²) >= 11 is 0. The topological polar surface area (TPSA) is 41.1 Å². The Morgan fingerprint density at radius 3 is 2.55 bits per heavy atom. The number of rotatable bonds is 4. The van der Waals surface area contributed by atoms with Crippen molar-refractivity contribution in [3.8, 4) is 0 Å². The Labute approximate surface area is 120 Å². The molecule has 0 spiro atoms. The fourth-order valence-corrected chi connectivity index (χ4v) is 2.83. The van der Waals surface area contributed by atoms with E-state index in [0.29, 0.717) is 11.6 Å². The third-order valence-corrected chi connectivity index (χ3v) is 4.00. The zero-order valence-corrected chi connectivity index (χ0v) is 12.2. The number of halogens is 1. The highest BCUT2D eigenvalue weighted by molar-refractivity contribution is 5.95. The summed E-state index contributed by atoms with van der Waals surface area (Å²) in [6.07, 6.45) is 4.14. The quantitative estimate of drug-likeness (QED) is 0.889. The van der Waals surface area contributed by atoms with Gasteiger partial charge in [-0.1, -0.05) is 13.0 Å². The molecule has 110 valence electrons. The average Bonchev–Trinajstić information content (AvgIpc) is 2.44. The molecule has 0 unspecified atom stereocenters. The van der Waals surface area contributed by atoms with Crippen LogP contribution >= 0.6 is 0 Å². The van der Waals surface area contributed by atoms with Gasteiger partial charge in [-0.05, 0) is 56.8 Å². The maximum absolute atomic E-state index is 13.2. The van der Waals surface area contributed by atoms with Gasteiger partial charge in [0.1, 0.15) is 5.82 Å². The molecule has 1 aliphatic rings. The molecule has 1 fully saturated rings. The standard InChI is InChI=1S/C16H23FN2O/c1-3-18-13-6-8-14(9-7-13)19-16(20)15-10-12(17)5-4-11(15)2/h4-5,10,13-14,18H,3,6-9H2,1-2H3,(H,19,20). The van der Waals surface area contributed by atoms with E-state index in [0.717, 1.165) is 37.8 Å². The van der Waals surface area contributed by atoms with E-state index in [1.165, 1.54) is 12.1 Å². The molecule has 2 rings (SSSR count). The SMILES string of the molecule is CCNC1CCC(NC(=O)c2cc(F)ccc2C)CC1. The second-order valence-electron chi connectivity index (χ2n) is 5.54. The van der Waals surface area contributed by atoms with E-state index in [1.807, 2.05) is 6.92 Å². The number of nitrogens with one attached hydrogen (secondary N) is 2. The molecule has 0 heterocycles. The average molecular weight is 278 g/mol. The predicted octanol–water partition coefficient (Wildman–Crippen LogP) is 2.78. The van der Waals surface area contributed by atoms with Gasteiger partial charge in [-0.15, -0.1) is 0 Å². The van der Waals surface area contributed by atoms with Crippen LogP contribution in [0.25, 0.3) is 0 Å². The summed E-state index contributed by atoms with van der Waals surface area (Å²) in [6, 6.07) is 5.12. The molecule has 1 amide bonds. The number of hydrogen-bond acceptors (Lipinski definition) is 2. The van der Waals surface area contributed by atoms with Crippen LogP contribution in [-0.2, 0) is 0 Å². The normalized spacial score (nSPS) is 22.6. The second-order valence-corrected chi connectivity index (χ2v) is 5.54. The molecular formula is C16H23FN2O. The van der Waals surface area contributed by atoms with E-state index in [9.17, 15) is 9.18 Å². The van der Waals surface area contributed by atoms with Crippen LogP contribution in [0.4, 0.5) is 4.39 Å². The molecule has 20 heavy (non-hydrogen) atoms. The highest BCUT2D eigenvalue weighted by Gasteiger charge is 2.22. The van der Waals surface area contributed by atoms with Gasteiger partial charge >= 0.3 is 0 Å².